The number of sulfonamides is 1. The molecule has 1 aliphatic heterocycles. The van der Waals surface area contributed by atoms with E-state index in [9.17, 15) is 13.2 Å². The lowest BCUT2D eigenvalue weighted by Gasteiger charge is -2.29. The van der Waals surface area contributed by atoms with E-state index in [4.69, 9.17) is 0 Å². The molecule has 0 spiro atoms. The molecule has 2 unspecified atom stereocenters. The average molecular weight is 340 g/mol. The molecule has 1 aliphatic carbocycles. The first-order chi connectivity index (χ1) is 10.5. The van der Waals surface area contributed by atoms with E-state index in [1.807, 2.05) is 0 Å². The van der Waals surface area contributed by atoms with Gasteiger partial charge in [0.1, 0.15) is 0 Å². The number of amides is 1. The van der Waals surface area contributed by atoms with Crippen LogP contribution in [0.5, 0.6) is 0 Å². The second-order valence-corrected chi connectivity index (χ2v) is 8.72. The van der Waals surface area contributed by atoms with Crippen LogP contribution in [0.15, 0.2) is 28.0 Å². The minimum Gasteiger partial charge on any atom is -0.324 e. The Morgan fingerprint density at radius 3 is 2.82 bits per heavy atom. The van der Waals surface area contributed by atoms with Crippen molar-refractivity contribution in [3.63, 3.8) is 0 Å². The molecule has 5 nitrogen and oxygen atoms in total. The highest BCUT2D eigenvalue weighted by molar-refractivity contribution is 8.00. The molecule has 0 radical (unpaired) electrons. The fourth-order valence-corrected chi connectivity index (χ4v) is 5.30. The van der Waals surface area contributed by atoms with Crippen LogP contribution in [-0.4, -0.2) is 26.1 Å². The number of hydrogen-bond acceptors (Lipinski definition) is 4. The maximum atomic E-state index is 12.6. The van der Waals surface area contributed by atoms with Crippen molar-refractivity contribution < 1.29 is 13.2 Å². The summed E-state index contributed by atoms with van der Waals surface area (Å²) < 4.78 is 28.0. The monoisotopic (exact) mass is 340 g/mol. The third-order valence-corrected chi connectivity index (χ3v) is 6.86. The van der Waals surface area contributed by atoms with Crippen molar-refractivity contribution in [3.05, 3.63) is 18.2 Å². The quantitative estimate of drug-likeness (QED) is 0.887. The Kier molecular flexibility index (Phi) is 4.47. The summed E-state index contributed by atoms with van der Waals surface area (Å²) in [6.07, 6.45) is 4.22. The van der Waals surface area contributed by atoms with E-state index in [2.05, 4.69) is 17.0 Å². The third kappa shape index (κ3) is 3.31. The number of fused-ring (bicyclic) bond motifs is 1. The molecule has 22 heavy (non-hydrogen) atoms. The smallest absolute Gasteiger partial charge is 0.240 e. The van der Waals surface area contributed by atoms with E-state index < -0.39 is 10.0 Å². The highest BCUT2D eigenvalue weighted by Gasteiger charge is 2.27. The first-order valence-corrected chi connectivity index (χ1v) is 10.0. The topological polar surface area (TPSA) is 75.3 Å². The van der Waals surface area contributed by atoms with Crippen molar-refractivity contribution >= 4 is 33.4 Å². The molecule has 1 fully saturated rings. The summed E-state index contributed by atoms with van der Waals surface area (Å²) in [4.78, 5) is 12.4. The molecule has 0 bridgehead atoms. The number of thioether (sulfide) groups is 1. The maximum absolute atomic E-state index is 12.6. The van der Waals surface area contributed by atoms with Crippen LogP contribution in [0.2, 0.25) is 0 Å². The molecule has 1 heterocycles. The Morgan fingerprint density at radius 1 is 1.27 bits per heavy atom. The molecule has 2 atom stereocenters. The van der Waals surface area contributed by atoms with Crippen LogP contribution < -0.4 is 10.0 Å². The maximum Gasteiger partial charge on any atom is 0.240 e. The number of carbonyl (C=O) groups is 1. The molecule has 2 aliphatic rings. The van der Waals surface area contributed by atoms with Crippen LogP contribution in [0.25, 0.3) is 0 Å². The zero-order valence-electron chi connectivity index (χ0n) is 12.5. The number of hydrogen-bond donors (Lipinski definition) is 2. The molecule has 7 heteroatoms. The van der Waals surface area contributed by atoms with Gasteiger partial charge < -0.3 is 5.32 Å². The molecule has 0 saturated heterocycles. The first-order valence-electron chi connectivity index (χ1n) is 7.55. The van der Waals surface area contributed by atoms with Crippen LogP contribution in [-0.2, 0) is 14.8 Å². The first kappa shape index (κ1) is 15.8. The van der Waals surface area contributed by atoms with Crippen LogP contribution >= 0.6 is 11.8 Å². The Balaban J connectivity index is 1.81. The van der Waals surface area contributed by atoms with Crippen molar-refractivity contribution in [1.82, 2.24) is 4.72 Å². The van der Waals surface area contributed by atoms with Crippen LogP contribution in [0.4, 0.5) is 5.69 Å². The van der Waals surface area contributed by atoms with Gasteiger partial charge in [0.25, 0.3) is 0 Å². The van der Waals surface area contributed by atoms with Crippen molar-refractivity contribution in [2.75, 3.05) is 11.1 Å². The normalized spacial score (nSPS) is 25.4. The largest absolute Gasteiger partial charge is 0.324 e. The van der Waals surface area contributed by atoms with Crippen molar-refractivity contribution in [2.45, 2.75) is 48.4 Å². The van der Waals surface area contributed by atoms with Gasteiger partial charge in [-0.05, 0) is 37.0 Å². The SMILES string of the molecule is CC1CCCCC1NS(=O)(=O)c1ccc2c(c1)SCC(=O)N2. The lowest BCUT2D eigenvalue weighted by atomic mass is 9.87. The average Bonchev–Trinajstić information content (AvgIpc) is 2.49. The van der Waals surface area contributed by atoms with E-state index in [-0.39, 0.29) is 16.8 Å². The molecule has 0 aromatic heterocycles. The van der Waals surface area contributed by atoms with Gasteiger partial charge in [-0.15, -0.1) is 11.8 Å². The van der Waals surface area contributed by atoms with E-state index >= 15 is 0 Å². The van der Waals surface area contributed by atoms with Crippen molar-refractivity contribution in [2.24, 2.45) is 5.92 Å². The summed E-state index contributed by atoms with van der Waals surface area (Å²) in [6.45, 7) is 2.10. The molecular formula is C15H20N2O3S2. The van der Waals surface area contributed by atoms with Gasteiger partial charge in [0.05, 0.1) is 16.3 Å². The minimum atomic E-state index is -3.52. The Labute approximate surface area is 135 Å². The van der Waals surface area contributed by atoms with Crippen LogP contribution in [0.3, 0.4) is 0 Å². The van der Waals surface area contributed by atoms with Crippen LogP contribution in [0.1, 0.15) is 32.6 Å². The summed E-state index contributed by atoms with van der Waals surface area (Å²) in [5, 5.41) is 2.75. The number of benzene rings is 1. The number of anilines is 1. The van der Waals surface area contributed by atoms with Gasteiger partial charge in [-0.25, -0.2) is 13.1 Å². The van der Waals surface area contributed by atoms with Crippen LogP contribution in [0, 0.1) is 5.92 Å². The van der Waals surface area contributed by atoms with Gasteiger partial charge in [-0.1, -0.05) is 19.8 Å². The van der Waals surface area contributed by atoms with Gasteiger partial charge >= 0.3 is 0 Å². The molecular weight excluding hydrogens is 320 g/mol. The zero-order valence-corrected chi connectivity index (χ0v) is 14.1. The predicted octanol–water partition coefficient (Wildman–Crippen LogP) is 2.59. The Morgan fingerprint density at radius 2 is 2.05 bits per heavy atom. The highest BCUT2D eigenvalue weighted by atomic mass is 32.2. The van der Waals surface area contributed by atoms with E-state index in [0.29, 0.717) is 17.4 Å². The fraction of sp³-hybridized carbons (Fsp3) is 0.533. The standard InChI is InChI=1S/C15H20N2O3S2/c1-10-4-2-3-5-12(10)17-22(19,20)11-6-7-13-14(8-11)21-9-15(18)16-13/h6-8,10,12,17H,2-5,9H2,1H3,(H,16,18). The summed E-state index contributed by atoms with van der Waals surface area (Å²) in [5.74, 6) is 0.640. The van der Waals surface area contributed by atoms with Gasteiger partial charge in [0, 0.05) is 10.9 Å². The lowest BCUT2D eigenvalue weighted by Crippen LogP contribution is -2.41. The second kappa shape index (κ2) is 6.22. The number of carbonyl (C=O) groups excluding carboxylic acids is 1. The Hall–Kier alpha value is -1.05. The number of rotatable bonds is 3. The zero-order chi connectivity index (χ0) is 15.7. The molecule has 3 rings (SSSR count). The fourth-order valence-electron chi connectivity index (χ4n) is 2.98. The third-order valence-electron chi connectivity index (χ3n) is 4.31. The van der Waals surface area contributed by atoms with E-state index in [0.717, 1.165) is 24.2 Å². The molecule has 1 saturated carbocycles. The van der Waals surface area contributed by atoms with Gasteiger partial charge in [0.15, 0.2) is 0 Å². The molecule has 2 N–H and O–H groups in total. The number of nitrogens with one attached hydrogen (secondary N) is 2. The van der Waals surface area contributed by atoms with Gasteiger partial charge in [-0.2, -0.15) is 0 Å². The van der Waals surface area contributed by atoms with Crippen molar-refractivity contribution in [1.29, 1.82) is 0 Å². The summed E-state index contributed by atoms with van der Waals surface area (Å²) in [5.41, 5.74) is 0.686. The minimum absolute atomic E-state index is 0.0159. The molecule has 1 aromatic rings. The summed E-state index contributed by atoms with van der Waals surface area (Å²) in [6, 6.07) is 4.89. The molecule has 1 aromatic carbocycles. The molecule has 1 amide bonds. The summed E-state index contributed by atoms with van der Waals surface area (Å²) >= 11 is 1.37. The Bertz CT molecular complexity index is 688. The lowest BCUT2D eigenvalue weighted by molar-refractivity contribution is -0.113. The van der Waals surface area contributed by atoms with Crippen molar-refractivity contribution in [3.8, 4) is 0 Å². The second-order valence-electron chi connectivity index (χ2n) is 5.98. The van der Waals surface area contributed by atoms with E-state index in [1.165, 1.54) is 18.2 Å². The molecule has 120 valence electrons. The van der Waals surface area contributed by atoms with Gasteiger partial charge in [-0.3, -0.25) is 4.79 Å². The van der Waals surface area contributed by atoms with Gasteiger partial charge in [0.2, 0.25) is 15.9 Å². The highest BCUT2D eigenvalue weighted by Crippen LogP contribution is 2.33. The van der Waals surface area contributed by atoms with E-state index in [1.54, 1.807) is 18.2 Å². The predicted molar refractivity (Wildman–Crippen MR) is 87.5 cm³/mol. The summed E-state index contributed by atoms with van der Waals surface area (Å²) in [7, 11) is -3.52.